The summed E-state index contributed by atoms with van der Waals surface area (Å²) in [5.41, 5.74) is 1.87. The molecule has 0 aromatic heterocycles. The molecule has 0 aliphatic carbocycles. The molecule has 2 aromatic rings. The summed E-state index contributed by atoms with van der Waals surface area (Å²) in [5.74, 6) is 0.824. The van der Waals surface area contributed by atoms with Gasteiger partial charge in [-0.05, 0) is 30.5 Å². The number of carbonyl (C=O) groups is 1. The molecule has 0 saturated heterocycles. The monoisotopic (exact) mass is 346 g/mol. The van der Waals surface area contributed by atoms with Crippen molar-refractivity contribution < 1.29 is 9.53 Å². The number of hydrogen-bond acceptors (Lipinski definition) is 2. The number of ether oxygens (including phenoxy) is 1. The Labute approximate surface area is 134 Å². The Morgan fingerprint density at radius 3 is 2.48 bits per heavy atom. The molecule has 0 fully saturated rings. The average Bonchev–Trinajstić information content (AvgIpc) is 2.54. The van der Waals surface area contributed by atoms with Crippen molar-refractivity contribution in [2.24, 2.45) is 0 Å². The fourth-order valence-electron chi connectivity index (χ4n) is 2.10. The molecule has 0 saturated carbocycles. The summed E-state index contributed by atoms with van der Waals surface area (Å²) in [7, 11) is 0. The van der Waals surface area contributed by atoms with Gasteiger partial charge in [0.15, 0.2) is 5.78 Å². The van der Waals surface area contributed by atoms with E-state index in [1.807, 2.05) is 54.6 Å². The molecule has 0 atom stereocenters. The predicted octanol–water partition coefficient (Wildman–Crippen LogP) is 4.67. The third-order valence-electron chi connectivity index (χ3n) is 3.21. The third kappa shape index (κ3) is 5.01. The van der Waals surface area contributed by atoms with Crippen molar-refractivity contribution in [3.05, 3.63) is 65.7 Å². The second-order valence-electron chi connectivity index (χ2n) is 4.80. The van der Waals surface area contributed by atoms with Crippen molar-refractivity contribution in [1.29, 1.82) is 0 Å². The Bertz CT molecular complexity index is 566. The van der Waals surface area contributed by atoms with Gasteiger partial charge in [0.2, 0.25) is 0 Å². The Morgan fingerprint density at radius 2 is 1.71 bits per heavy atom. The van der Waals surface area contributed by atoms with Crippen LogP contribution in [0.1, 0.15) is 28.8 Å². The summed E-state index contributed by atoms with van der Waals surface area (Å²) in [6.45, 7) is 0.619. The summed E-state index contributed by atoms with van der Waals surface area (Å²) in [4.78, 5) is 12.4. The van der Waals surface area contributed by atoms with E-state index >= 15 is 0 Å². The quantitative estimate of drug-likeness (QED) is 0.394. The van der Waals surface area contributed by atoms with Crippen molar-refractivity contribution in [2.75, 3.05) is 11.9 Å². The van der Waals surface area contributed by atoms with E-state index in [0.29, 0.717) is 24.3 Å². The molecule has 2 aromatic carbocycles. The maximum Gasteiger partial charge on any atom is 0.166 e. The van der Waals surface area contributed by atoms with Crippen LogP contribution >= 0.6 is 15.9 Å². The van der Waals surface area contributed by atoms with Gasteiger partial charge in [0.25, 0.3) is 0 Å². The number of rotatable bonds is 8. The van der Waals surface area contributed by atoms with Crippen molar-refractivity contribution in [3.8, 4) is 5.75 Å². The maximum atomic E-state index is 12.4. The second-order valence-corrected chi connectivity index (χ2v) is 5.59. The highest BCUT2D eigenvalue weighted by Gasteiger charge is 2.12. The predicted molar refractivity (Wildman–Crippen MR) is 89.4 cm³/mol. The Morgan fingerprint density at radius 1 is 1.00 bits per heavy atom. The van der Waals surface area contributed by atoms with Crippen LogP contribution in [-0.2, 0) is 6.42 Å². The first-order chi connectivity index (χ1) is 10.3. The van der Waals surface area contributed by atoms with Gasteiger partial charge in [-0.25, -0.2) is 0 Å². The number of halogens is 1. The lowest BCUT2D eigenvalue weighted by Crippen LogP contribution is -2.06. The first-order valence-electron chi connectivity index (χ1n) is 7.16. The molecule has 0 aliphatic rings. The fraction of sp³-hybridized carbons (Fsp3) is 0.278. The van der Waals surface area contributed by atoms with E-state index < -0.39 is 0 Å². The molecule has 0 aliphatic heterocycles. The van der Waals surface area contributed by atoms with Gasteiger partial charge >= 0.3 is 0 Å². The van der Waals surface area contributed by atoms with Gasteiger partial charge in [-0.3, -0.25) is 4.79 Å². The number of ketones is 1. The number of hydrogen-bond donors (Lipinski definition) is 0. The van der Waals surface area contributed by atoms with Crippen LogP contribution in [0.4, 0.5) is 0 Å². The van der Waals surface area contributed by atoms with E-state index in [0.717, 1.165) is 18.2 Å². The molecule has 0 spiro atoms. The normalized spacial score (nSPS) is 10.3. The van der Waals surface area contributed by atoms with Gasteiger partial charge in [0.1, 0.15) is 5.75 Å². The number of para-hydroxylation sites is 1. The van der Waals surface area contributed by atoms with Crippen LogP contribution in [0.25, 0.3) is 0 Å². The van der Waals surface area contributed by atoms with Crippen LogP contribution in [0.15, 0.2) is 54.6 Å². The SMILES string of the molecule is O=C(CCc1ccccc1)c1ccccc1OCCCBr. The summed E-state index contributed by atoms with van der Waals surface area (Å²) in [6.07, 6.45) is 2.19. The Hall–Kier alpha value is -1.61. The molecule has 21 heavy (non-hydrogen) atoms. The summed E-state index contributed by atoms with van der Waals surface area (Å²) >= 11 is 3.37. The first-order valence-corrected chi connectivity index (χ1v) is 8.28. The highest BCUT2D eigenvalue weighted by molar-refractivity contribution is 9.09. The fourth-order valence-corrected chi connectivity index (χ4v) is 2.33. The molecule has 0 amide bonds. The smallest absolute Gasteiger partial charge is 0.166 e. The van der Waals surface area contributed by atoms with Crippen molar-refractivity contribution in [2.45, 2.75) is 19.3 Å². The molecule has 0 radical (unpaired) electrons. The van der Waals surface area contributed by atoms with E-state index in [1.54, 1.807) is 0 Å². The molecule has 3 heteroatoms. The standard InChI is InChI=1S/C18H19BrO2/c19-13-6-14-21-18-10-5-4-9-16(18)17(20)12-11-15-7-2-1-3-8-15/h1-5,7-10H,6,11-14H2. The summed E-state index contributed by atoms with van der Waals surface area (Å²) in [5, 5.41) is 0.900. The topological polar surface area (TPSA) is 26.3 Å². The summed E-state index contributed by atoms with van der Waals surface area (Å²) in [6, 6.07) is 17.6. The van der Waals surface area contributed by atoms with Crippen LogP contribution in [0.2, 0.25) is 0 Å². The highest BCUT2D eigenvalue weighted by atomic mass is 79.9. The average molecular weight is 347 g/mol. The summed E-state index contributed by atoms with van der Waals surface area (Å²) < 4.78 is 5.70. The minimum atomic E-state index is 0.133. The van der Waals surface area contributed by atoms with Gasteiger partial charge in [0.05, 0.1) is 12.2 Å². The number of alkyl halides is 1. The molecule has 110 valence electrons. The van der Waals surface area contributed by atoms with Crippen LogP contribution in [0, 0.1) is 0 Å². The molecule has 0 N–H and O–H groups in total. The third-order valence-corrected chi connectivity index (χ3v) is 3.77. The van der Waals surface area contributed by atoms with Gasteiger partial charge < -0.3 is 4.74 Å². The lowest BCUT2D eigenvalue weighted by Gasteiger charge is -2.10. The zero-order valence-corrected chi connectivity index (χ0v) is 13.5. The minimum absolute atomic E-state index is 0.133. The number of Topliss-reactive ketones (excluding diaryl/α,β-unsaturated/α-hetero) is 1. The molecular formula is C18H19BrO2. The molecule has 2 nitrogen and oxygen atoms in total. The molecule has 0 heterocycles. The number of aryl methyl sites for hydroxylation is 1. The highest BCUT2D eigenvalue weighted by Crippen LogP contribution is 2.20. The Kier molecular flexibility index (Phi) is 6.48. The zero-order valence-electron chi connectivity index (χ0n) is 11.9. The Balaban J connectivity index is 1.98. The van der Waals surface area contributed by atoms with E-state index in [9.17, 15) is 4.79 Å². The molecule has 0 bridgehead atoms. The van der Waals surface area contributed by atoms with Crippen LogP contribution in [0.3, 0.4) is 0 Å². The maximum absolute atomic E-state index is 12.4. The largest absolute Gasteiger partial charge is 0.493 e. The number of benzene rings is 2. The molecule has 0 unspecified atom stereocenters. The van der Waals surface area contributed by atoms with Crippen molar-refractivity contribution in [1.82, 2.24) is 0 Å². The van der Waals surface area contributed by atoms with Gasteiger partial charge in [0, 0.05) is 11.8 Å². The van der Waals surface area contributed by atoms with E-state index in [1.165, 1.54) is 5.56 Å². The lowest BCUT2D eigenvalue weighted by atomic mass is 10.0. The van der Waals surface area contributed by atoms with Crippen molar-refractivity contribution >= 4 is 21.7 Å². The minimum Gasteiger partial charge on any atom is -0.493 e. The van der Waals surface area contributed by atoms with Crippen LogP contribution < -0.4 is 4.74 Å². The van der Waals surface area contributed by atoms with E-state index in [4.69, 9.17) is 4.74 Å². The number of carbonyl (C=O) groups excluding carboxylic acids is 1. The zero-order chi connectivity index (χ0) is 14.9. The second kappa shape index (κ2) is 8.63. The van der Waals surface area contributed by atoms with Gasteiger partial charge in [-0.15, -0.1) is 0 Å². The van der Waals surface area contributed by atoms with Gasteiger partial charge in [-0.1, -0.05) is 58.4 Å². The molecular weight excluding hydrogens is 328 g/mol. The van der Waals surface area contributed by atoms with Crippen LogP contribution in [0.5, 0.6) is 5.75 Å². The lowest BCUT2D eigenvalue weighted by molar-refractivity contribution is 0.0979. The van der Waals surface area contributed by atoms with Crippen molar-refractivity contribution in [3.63, 3.8) is 0 Å². The van der Waals surface area contributed by atoms with E-state index in [-0.39, 0.29) is 5.78 Å². The first kappa shape index (κ1) is 15.8. The molecule has 2 rings (SSSR count). The van der Waals surface area contributed by atoms with Crippen LogP contribution in [-0.4, -0.2) is 17.7 Å². The van der Waals surface area contributed by atoms with Gasteiger partial charge in [-0.2, -0.15) is 0 Å². The van der Waals surface area contributed by atoms with E-state index in [2.05, 4.69) is 15.9 Å².